The van der Waals surface area contributed by atoms with Gasteiger partial charge in [-0.25, -0.2) is 0 Å². The van der Waals surface area contributed by atoms with E-state index in [-0.39, 0.29) is 0 Å². The molecule has 0 aromatic heterocycles. The van der Waals surface area contributed by atoms with Gasteiger partial charge in [0.2, 0.25) is 0 Å². The maximum absolute atomic E-state index is 5.79. The molecule has 16 heavy (non-hydrogen) atoms. The van der Waals surface area contributed by atoms with Crippen LogP contribution in [0.25, 0.3) is 0 Å². The molecule has 0 aliphatic carbocycles. The van der Waals surface area contributed by atoms with E-state index >= 15 is 0 Å². The Bertz CT molecular complexity index is 363. The molecule has 0 radical (unpaired) electrons. The number of nitrogen functional groups attached to an aromatic ring is 1. The number of rotatable bonds is 5. The molecule has 0 saturated heterocycles. The highest BCUT2D eigenvalue weighted by Crippen LogP contribution is 2.19. The van der Waals surface area contributed by atoms with Crippen molar-refractivity contribution in [1.82, 2.24) is 0 Å². The molecule has 1 nitrogen and oxygen atoms in total. The number of allylic oxidation sites excluding steroid dienone is 2. The SMILES string of the molecule is CCC/C(CC)=C(/C)Cc1cccc(N)c1. The van der Waals surface area contributed by atoms with E-state index in [2.05, 4.69) is 32.9 Å². The number of hydrogen-bond donors (Lipinski definition) is 1. The maximum atomic E-state index is 5.79. The maximum Gasteiger partial charge on any atom is 0.0316 e. The molecule has 1 aromatic carbocycles. The molecule has 1 heteroatoms. The van der Waals surface area contributed by atoms with Crippen LogP contribution in [0.15, 0.2) is 35.4 Å². The van der Waals surface area contributed by atoms with Crippen molar-refractivity contribution in [1.29, 1.82) is 0 Å². The van der Waals surface area contributed by atoms with Crippen LogP contribution >= 0.6 is 0 Å². The zero-order chi connectivity index (χ0) is 12.0. The van der Waals surface area contributed by atoms with E-state index in [9.17, 15) is 0 Å². The predicted molar refractivity (Wildman–Crippen MR) is 72.5 cm³/mol. The molecule has 0 aliphatic heterocycles. The first-order valence-corrected chi connectivity index (χ1v) is 6.19. The summed E-state index contributed by atoms with van der Waals surface area (Å²) in [4.78, 5) is 0. The minimum Gasteiger partial charge on any atom is -0.399 e. The van der Waals surface area contributed by atoms with Crippen molar-refractivity contribution in [2.24, 2.45) is 0 Å². The summed E-state index contributed by atoms with van der Waals surface area (Å²) in [6.45, 7) is 6.73. The second kappa shape index (κ2) is 6.37. The van der Waals surface area contributed by atoms with Gasteiger partial charge >= 0.3 is 0 Å². The lowest BCUT2D eigenvalue weighted by molar-refractivity contribution is 0.831. The first-order chi connectivity index (χ1) is 7.67. The van der Waals surface area contributed by atoms with Crippen LogP contribution in [0.2, 0.25) is 0 Å². The van der Waals surface area contributed by atoms with Gasteiger partial charge in [-0.05, 0) is 43.9 Å². The molecule has 0 fully saturated rings. The Labute approximate surface area is 99.4 Å². The molecule has 2 N–H and O–H groups in total. The van der Waals surface area contributed by atoms with Crippen molar-refractivity contribution in [2.75, 3.05) is 5.73 Å². The summed E-state index contributed by atoms with van der Waals surface area (Å²) >= 11 is 0. The minimum absolute atomic E-state index is 0.860. The fourth-order valence-corrected chi connectivity index (χ4v) is 2.13. The fraction of sp³-hybridized carbons (Fsp3) is 0.467. The summed E-state index contributed by atoms with van der Waals surface area (Å²) in [6.07, 6.45) is 4.66. The molecule has 0 amide bonds. The van der Waals surface area contributed by atoms with Gasteiger partial charge in [0.05, 0.1) is 0 Å². The number of benzene rings is 1. The molecule has 0 atom stereocenters. The lowest BCUT2D eigenvalue weighted by Gasteiger charge is -2.10. The molecule has 1 rings (SSSR count). The highest BCUT2D eigenvalue weighted by molar-refractivity contribution is 5.41. The molecular formula is C15H23N. The molecule has 88 valence electrons. The van der Waals surface area contributed by atoms with Crippen molar-refractivity contribution in [3.63, 3.8) is 0 Å². The first kappa shape index (κ1) is 12.8. The predicted octanol–water partition coefficient (Wildman–Crippen LogP) is 4.34. The average Bonchev–Trinajstić information content (AvgIpc) is 2.25. The van der Waals surface area contributed by atoms with Gasteiger partial charge in [0.15, 0.2) is 0 Å². The normalized spacial score (nSPS) is 12.4. The Morgan fingerprint density at radius 2 is 2.00 bits per heavy atom. The highest BCUT2D eigenvalue weighted by Gasteiger charge is 2.01. The topological polar surface area (TPSA) is 26.0 Å². The van der Waals surface area contributed by atoms with Gasteiger partial charge in [-0.3, -0.25) is 0 Å². The van der Waals surface area contributed by atoms with Crippen molar-refractivity contribution >= 4 is 5.69 Å². The standard InChI is InChI=1S/C15H23N/c1-4-7-14(5-2)12(3)10-13-8-6-9-15(16)11-13/h6,8-9,11H,4-5,7,10,16H2,1-3H3/b14-12-. The van der Waals surface area contributed by atoms with Crippen LogP contribution in [0.4, 0.5) is 5.69 Å². The zero-order valence-corrected chi connectivity index (χ0v) is 10.7. The van der Waals surface area contributed by atoms with Gasteiger partial charge < -0.3 is 5.73 Å². The molecular weight excluding hydrogens is 194 g/mol. The molecule has 1 aromatic rings. The summed E-state index contributed by atoms with van der Waals surface area (Å²) in [5, 5.41) is 0. The van der Waals surface area contributed by atoms with Crippen molar-refractivity contribution < 1.29 is 0 Å². The van der Waals surface area contributed by atoms with Crippen molar-refractivity contribution in [2.45, 2.75) is 46.5 Å². The lowest BCUT2D eigenvalue weighted by atomic mass is 9.96. The van der Waals surface area contributed by atoms with E-state index in [1.165, 1.54) is 30.4 Å². The number of hydrogen-bond acceptors (Lipinski definition) is 1. The van der Waals surface area contributed by atoms with Crippen molar-refractivity contribution in [3.8, 4) is 0 Å². The van der Waals surface area contributed by atoms with Crippen LogP contribution in [0, 0.1) is 0 Å². The van der Waals surface area contributed by atoms with Gasteiger partial charge in [0.25, 0.3) is 0 Å². The monoisotopic (exact) mass is 217 g/mol. The minimum atomic E-state index is 0.860. The second-order valence-electron chi connectivity index (χ2n) is 4.41. The van der Waals surface area contributed by atoms with E-state index in [0.717, 1.165) is 12.1 Å². The lowest BCUT2D eigenvalue weighted by Crippen LogP contribution is -1.94. The Hall–Kier alpha value is -1.24. The summed E-state index contributed by atoms with van der Waals surface area (Å²) < 4.78 is 0. The third-order valence-electron chi connectivity index (χ3n) is 3.00. The fourth-order valence-electron chi connectivity index (χ4n) is 2.13. The second-order valence-corrected chi connectivity index (χ2v) is 4.41. The Kier molecular flexibility index (Phi) is 5.10. The Morgan fingerprint density at radius 3 is 2.56 bits per heavy atom. The molecule has 0 aliphatic rings. The van der Waals surface area contributed by atoms with Crippen LogP contribution in [-0.4, -0.2) is 0 Å². The largest absolute Gasteiger partial charge is 0.399 e. The van der Waals surface area contributed by atoms with Gasteiger partial charge in [-0.1, -0.05) is 43.5 Å². The van der Waals surface area contributed by atoms with E-state index in [4.69, 9.17) is 5.73 Å². The third kappa shape index (κ3) is 3.73. The van der Waals surface area contributed by atoms with Crippen LogP contribution in [-0.2, 0) is 6.42 Å². The van der Waals surface area contributed by atoms with E-state index in [1.807, 2.05) is 12.1 Å². The number of nitrogens with two attached hydrogens (primary N) is 1. The van der Waals surface area contributed by atoms with E-state index in [1.54, 1.807) is 5.57 Å². The summed E-state index contributed by atoms with van der Waals surface area (Å²) in [6, 6.07) is 8.19. The smallest absolute Gasteiger partial charge is 0.0316 e. The molecule has 0 bridgehead atoms. The highest BCUT2D eigenvalue weighted by atomic mass is 14.5. The van der Waals surface area contributed by atoms with Crippen LogP contribution in [0.5, 0.6) is 0 Å². The van der Waals surface area contributed by atoms with Crippen molar-refractivity contribution in [3.05, 3.63) is 41.0 Å². The van der Waals surface area contributed by atoms with Gasteiger partial charge in [0.1, 0.15) is 0 Å². The van der Waals surface area contributed by atoms with Gasteiger partial charge in [0, 0.05) is 5.69 Å². The average molecular weight is 217 g/mol. The Morgan fingerprint density at radius 1 is 1.25 bits per heavy atom. The summed E-state index contributed by atoms with van der Waals surface area (Å²) in [5.74, 6) is 0. The first-order valence-electron chi connectivity index (χ1n) is 6.19. The van der Waals surface area contributed by atoms with Crippen LogP contribution in [0.3, 0.4) is 0 Å². The Balaban J connectivity index is 2.79. The van der Waals surface area contributed by atoms with Gasteiger partial charge in [-0.2, -0.15) is 0 Å². The third-order valence-corrected chi connectivity index (χ3v) is 3.00. The van der Waals surface area contributed by atoms with E-state index in [0.29, 0.717) is 0 Å². The summed E-state index contributed by atoms with van der Waals surface area (Å²) in [7, 11) is 0. The van der Waals surface area contributed by atoms with E-state index < -0.39 is 0 Å². The molecule has 0 saturated carbocycles. The summed E-state index contributed by atoms with van der Waals surface area (Å²) in [5.41, 5.74) is 11.1. The number of anilines is 1. The molecule has 0 spiro atoms. The quantitative estimate of drug-likeness (QED) is 0.576. The zero-order valence-electron chi connectivity index (χ0n) is 10.7. The van der Waals surface area contributed by atoms with Crippen LogP contribution in [0.1, 0.15) is 45.6 Å². The molecule has 0 unspecified atom stereocenters. The van der Waals surface area contributed by atoms with Gasteiger partial charge in [-0.15, -0.1) is 0 Å². The molecule has 0 heterocycles. The van der Waals surface area contributed by atoms with Crippen LogP contribution < -0.4 is 5.73 Å².